The summed E-state index contributed by atoms with van der Waals surface area (Å²) >= 11 is 0. The molecule has 6 nitrogen and oxygen atoms in total. The average molecular weight is 499 g/mol. The Bertz CT molecular complexity index is 1350. The molecule has 3 aromatic carbocycles. The van der Waals surface area contributed by atoms with E-state index in [1.165, 1.54) is 34.9 Å². The standard InChI is InChI=1S/C31H34N2O4/c1-3-8-31(34)37-36-27-15-13-24(14-16-27)29-20-25-9-4-5-10-28(25)33(29)21-23-11-12-26(30(19-23)35-2)22-32-17-6-7-18-32/h4-5,9-16,19-20H,3,6-8,17-18,21-22H2,1-2H3. The predicted octanol–water partition coefficient (Wildman–Crippen LogP) is 6.60. The van der Waals surface area contributed by atoms with Crippen LogP contribution in [0.25, 0.3) is 22.2 Å². The molecular formula is C31H34N2O4. The molecule has 0 radical (unpaired) electrons. The molecule has 1 saturated heterocycles. The highest BCUT2D eigenvalue weighted by Gasteiger charge is 2.16. The number of fused-ring (bicyclic) bond motifs is 1. The first-order valence-electron chi connectivity index (χ1n) is 13.1. The number of rotatable bonds is 10. The van der Waals surface area contributed by atoms with E-state index in [4.69, 9.17) is 14.5 Å². The van der Waals surface area contributed by atoms with Gasteiger partial charge < -0.3 is 9.30 Å². The topological polar surface area (TPSA) is 52.9 Å². The van der Waals surface area contributed by atoms with E-state index < -0.39 is 0 Å². The van der Waals surface area contributed by atoms with Gasteiger partial charge in [0.15, 0.2) is 5.75 Å². The molecule has 6 heteroatoms. The van der Waals surface area contributed by atoms with Gasteiger partial charge in [-0.05, 0) is 85.9 Å². The highest BCUT2D eigenvalue weighted by atomic mass is 17.2. The van der Waals surface area contributed by atoms with E-state index in [9.17, 15) is 4.79 Å². The largest absolute Gasteiger partial charge is 0.496 e. The number of hydrogen-bond acceptors (Lipinski definition) is 5. The molecule has 4 aromatic rings. The summed E-state index contributed by atoms with van der Waals surface area (Å²) in [5.74, 6) is 1.07. The maximum Gasteiger partial charge on any atom is 0.355 e. The number of hydrogen-bond donors (Lipinski definition) is 0. The van der Waals surface area contributed by atoms with Crippen molar-refractivity contribution in [1.82, 2.24) is 9.47 Å². The summed E-state index contributed by atoms with van der Waals surface area (Å²) in [6.45, 7) is 5.90. The van der Waals surface area contributed by atoms with E-state index in [1.807, 2.05) is 31.2 Å². The minimum Gasteiger partial charge on any atom is -0.496 e. The fourth-order valence-electron chi connectivity index (χ4n) is 5.02. The van der Waals surface area contributed by atoms with Gasteiger partial charge in [0.2, 0.25) is 0 Å². The second-order valence-electron chi connectivity index (χ2n) is 9.62. The van der Waals surface area contributed by atoms with E-state index in [-0.39, 0.29) is 5.97 Å². The summed E-state index contributed by atoms with van der Waals surface area (Å²) in [6.07, 6.45) is 3.61. The van der Waals surface area contributed by atoms with Crippen molar-refractivity contribution in [3.8, 4) is 22.8 Å². The zero-order chi connectivity index (χ0) is 25.6. The predicted molar refractivity (Wildman–Crippen MR) is 146 cm³/mol. The number of aromatic nitrogens is 1. The van der Waals surface area contributed by atoms with Crippen molar-refractivity contribution in [3.05, 3.63) is 83.9 Å². The first-order chi connectivity index (χ1) is 18.1. The van der Waals surface area contributed by atoms with E-state index in [2.05, 4.69) is 58.0 Å². The van der Waals surface area contributed by atoms with Gasteiger partial charge in [0.05, 0.1) is 7.11 Å². The van der Waals surface area contributed by atoms with Crippen LogP contribution in [-0.4, -0.2) is 35.6 Å². The monoisotopic (exact) mass is 498 g/mol. The minimum atomic E-state index is -0.367. The molecule has 192 valence electrons. The maximum atomic E-state index is 11.6. The SMILES string of the molecule is CCCC(=O)OOc1ccc(-c2cc3ccccc3n2Cc2ccc(CN3CCCC3)c(OC)c2)cc1. The third kappa shape index (κ3) is 5.81. The Labute approximate surface area is 218 Å². The van der Waals surface area contributed by atoms with Crippen LogP contribution in [0.1, 0.15) is 43.7 Å². The number of carbonyl (C=O) groups excluding carboxylic acids is 1. The summed E-state index contributed by atoms with van der Waals surface area (Å²) < 4.78 is 8.14. The molecule has 1 aromatic heterocycles. The molecular weight excluding hydrogens is 464 g/mol. The number of nitrogens with zero attached hydrogens (tertiary/aromatic N) is 2. The van der Waals surface area contributed by atoms with Gasteiger partial charge in [-0.15, -0.1) is 0 Å². The van der Waals surface area contributed by atoms with Crippen LogP contribution in [0, 0.1) is 0 Å². The van der Waals surface area contributed by atoms with Crippen LogP contribution >= 0.6 is 0 Å². The normalized spacial score (nSPS) is 13.7. The van der Waals surface area contributed by atoms with Crippen molar-refractivity contribution in [1.29, 1.82) is 0 Å². The van der Waals surface area contributed by atoms with Crippen LogP contribution in [0.2, 0.25) is 0 Å². The zero-order valence-electron chi connectivity index (χ0n) is 21.6. The Hall–Kier alpha value is -3.77. The van der Waals surface area contributed by atoms with E-state index in [0.29, 0.717) is 12.2 Å². The lowest BCUT2D eigenvalue weighted by Crippen LogP contribution is -2.18. The molecule has 1 fully saturated rings. The van der Waals surface area contributed by atoms with Crippen LogP contribution in [0.3, 0.4) is 0 Å². The zero-order valence-corrected chi connectivity index (χ0v) is 21.6. The first-order valence-corrected chi connectivity index (χ1v) is 13.1. The first kappa shape index (κ1) is 24.9. The average Bonchev–Trinajstić information content (AvgIpc) is 3.57. The molecule has 1 aliphatic rings. The Morgan fingerprint density at radius 1 is 0.919 bits per heavy atom. The lowest BCUT2D eigenvalue weighted by Gasteiger charge is -2.18. The minimum absolute atomic E-state index is 0.336. The van der Waals surface area contributed by atoms with Gasteiger partial charge in [-0.3, -0.25) is 14.7 Å². The van der Waals surface area contributed by atoms with Gasteiger partial charge in [-0.2, -0.15) is 0 Å². The molecule has 5 rings (SSSR count). The summed E-state index contributed by atoms with van der Waals surface area (Å²) in [5, 5.41) is 1.18. The maximum absolute atomic E-state index is 11.6. The van der Waals surface area contributed by atoms with Crippen molar-refractivity contribution in [2.24, 2.45) is 0 Å². The molecule has 2 heterocycles. The van der Waals surface area contributed by atoms with E-state index >= 15 is 0 Å². The lowest BCUT2D eigenvalue weighted by atomic mass is 10.1. The number of likely N-dealkylation sites (tertiary alicyclic amines) is 1. The Balaban J connectivity index is 1.41. The molecule has 0 bridgehead atoms. The van der Waals surface area contributed by atoms with Crippen LogP contribution in [0.15, 0.2) is 72.8 Å². The van der Waals surface area contributed by atoms with Gasteiger partial charge in [-0.1, -0.05) is 37.3 Å². The molecule has 0 aliphatic carbocycles. The third-order valence-corrected chi connectivity index (χ3v) is 6.93. The number of benzene rings is 3. The van der Waals surface area contributed by atoms with E-state index in [1.54, 1.807) is 7.11 Å². The molecule has 0 spiro atoms. The van der Waals surface area contributed by atoms with Crippen molar-refractivity contribution >= 4 is 16.9 Å². The highest BCUT2D eigenvalue weighted by molar-refractivity contribution is 5.87. The molecule has 0 N–H and O–H groups in total. The fraction of sp³-hybridized carbons (Fsp3) is 0.323. The lowest BCUT2D eigenvalue weighted by molar-refractivity contribution is -0.213. The molecule has 37 heavy (non-hydrogen) atoms. The van der Waals surface area contributed by atoms with Gasteiger partial charge in [0.25, 0.3) is 0 Å². The number of methoxy groups -OCH3 is 1. The van der Waals surface area contributed by atoms with Crippen LogP contribution in [0.4, 0.5) is 0 Å². The molecule has 0 amide bonds. The molecule has 0 saturated carbocycles. The summed E-state index contributed by atoms with van der Waals surface area (Å²) in [5.41, 5.74) is 5.76. The quantitative estimate of drug-likeness (QED) is 0.182. The van der Waals surface area contributed by atoms with Gasteiger partial charge in [0, 0.05) is 41.7 Å². The Morgan fingerprint density at radius 2 is 1.70 bits per heavy atom. The van der Waals surface area contributed by atoms with Crippen LogP contribution in [-0.2, 0) is 22.8 Å². The van der Waals surface area contributed by atoms with E-state index in [0.717, 1.165) is 49.6 Å². The van der Waals surface area contributed by atoms with Crippen molar-refractivity contribution in [2.45, 2.75) is 45.7 Å². The Kier molecular flexibility index (Phi) is 7.76. The number of para-hydroxylation sites is 1. The van der Waals surface area contributed by atoms with Crippen LogP contribution in [0.5, 0.6) is 11.5 Å². The second kappa shape index (κ2) is 11.5. The van der Waals surface area contributed by atoms with Gasteiger partial charge in [0.1, 0.15) is 5.75 Å². The van der Waals surface area contributed by atoms with Crippen molar-refractivity contribution < 1.29 is 19.3 Å². The third-order valence-electron chi connectivity index (χ3n) is 6.93. The van der Waals surface area contributed by atoms with Gasteiger partial charge in [-0.25, -0.2) is 4.79 Å². The Morgan fingerprint density at radius 3 is 2.46 bits per heavy atom. The smallest absolute Gasteiger partial charge is 0.355 e. The molecule has 1 aliphatic heterocycles. The summed E-state index contributed by atoms with van der Waals surface area (Å²) in [6, 6.07) is 24.9. The fourth-order valence-corrected chi connectivity index (χ4v) is 5.02. The summed E-state index contributed by atoms with van der Waals surface area (Å²) in [4.78, 5) is 24.2. The van der Waals surface area contributed by atoms with Crippen molar-refractivity contribution in [3.63, 3.8) is 0 Å². The number of carbonyl (C=O) groups is 1. The second-order valence-corrected chi connectivity index (χ2v) is 9.62. The van der Waals surface area contributed by atoms with Crippen LogP contribution < -0.4 is 9.62 Å². The van der Waals surface area contributed by atoms with Crippen molar-refractivity contribution in [2.75, 3.05) is 20.2 Å². The molecule has 0 unspecified atom stereocenters. The molecule has 0 atom stereocenters. The van der Waals surface area contributed by atoms with Gasteiger partial charge >= 0.3 is 5.97 Å². The number of ether oxygens (including phenoxy) is 1. The highest BCUT2D eigenvalue weighted by Crippen LogP contribution is 2.32. The summed E-state index contributed by atoms with van der Waals surface area (Å²) in [7, 11) is 1.76.